The number of hydrogen-bond donors (Lipinski definition) is 2. The summed E-state index contributed by atoms with van der Waals surface area (Å²) in [4.78, 5) is 2.31. The lowest BCUT2D eigenvalue weighted by atomic mass is 10.1. The van der Waals surface area contributed by atoms with Crippen molar-refractivity contribution in [3.05, 3.63) is 28.8 Å². The highest BCUT2D eigenvalue weighted by Crippen LogP contribution is 2.25. The van der Waals surface area contributed by atoms with Crippen LogP contribution in [0.5, 0.6) is 5.75 Å². The first-order chi connectivity index (χ1) is 7.69. The molecule has 1 aliphatic rings. The first kappa shape index (κ1) is 11.7. The van der Waals surface area contributed by atoms with Gasteiger partial charge in [0.25, 0.3) is 0 Å². The highest BCUT2D eigenvalue weighted by Gasteiger charge is 2.21. The Bertz CT molecular complexity index is 370. The van der Waals surface area contributed by atoms with E-state index in [1.54, 1.807) is 12.1 Å². The van der Waals surface area contributed by atoms with Crippen molar-refractivity contribution >= 4 is 11.6 Å². The molecule has 1 heterocycles. The minimum absolute atomic E-state index is 0.320. The van der Waals surface area contributed by atoms with Gasteiger partial charge in [-0.25, -0.2) is 0 Å². The Balaban J connectivity index is 2.01. The molecule has 0 saturated carbocycles. The number of phenols is 1. The van der Waals surface area contributed by atoms with E-state index in [1.165, 1.54) is 0 Å². The van der Waals surface area contributed by atoms with Gasteiger partial charge in [-0.15, -0.1) is 0 Å². The van der Waals surface area contributed by atoms with Gasteiger partial charge < -0.3 is 10.8 Å². The van der Waals surface area contributed by atoms with Crippen molar-refractivity contribution in [1.82, 2.24) is 4.90 Å². The number of nitrogens with two attached hydrogens (primary N) is 1. The average Bonchev–Trinajstić information content (AvgIpc) is 2.71. The lowest BCUT2D eigenvalue weighted by Crippen LogP contribution is -2.22. The van der Waals surface area contributed by atoms with Crippen LogP contribution < -0.4 is 5.73 Å². The van der Waals surface area contributed by atoms with E-state index in [0.717, 1.165) is 38.2 Å². The minimum Gasteiger partial charge on any atom is -0.508 e. The summed E-state index contributed by atoms with van der Waals surface area (Å²) in [5, 5.41) is 10.4. The van der Waals surface area contributed by atoms with Crippen molar-refractivity contribution in [3.8, 4) is 5.75 Å². The Morgan fingerprint density at radius 2 is 2.31 bits per heavy atom. The summed E-state index contributed by atoms with van der Waals surface area (Å²) in [6.45, 7) is 3.57. The SMILES string of the molecule is NCC1CCN(Cc2cc(Cl)ccc2O)C1. The van der Waals surface area contributed by atoms with Crippen molar-refractivity contribution < 1.29 is 5.11 Å². The van der Waals surface area contributed by atoms with Crippen LogP contribution in [0.15, 0.2) is 18.2 Å². The first-order valence-corrected chi connectivity index (χ1v) is 5.96. The Morgan fingerprint density at radius 3 is 3.00 bits per heavy atom. The van der Waals surface area contributed by atoms with E-state index in [4.69, 9.17) is 17.3 Å². The number of hydrogen-bond acceptors (Lipinski definition) is 3. The number of likely N-dealkylation sites (tertiary alicyclic amines) is 1. The summed E-state index contributed by atoms with van der Waals surface area (Å²) in [7, 11) is 0. The van der Waals surface area contributed by atoms with Crippen LogP contribution >= 0.6 is 11.6 Å². The highest BCUT2D eigenvalue weighted by atomic mass is 35.5. The molecule has 1 fully saturated rings. The predicted octanol–water partition coefficient (Wildman–Crippen LogP) is 1.83. The summed E-state index contributed by atoms with van der Waals surface area (Å²) < 4.78 is 0. The monoisotopic (exact) mass is 240 g/mol. The maximum atomic E-state index is 9.71. The second-order valence-corrected chi connectivity index (χ2v) is 4.83. The molecule has 1 atom stereocenters. The van der Waals surface area contributed by atoms with Crippen LogP contribution in [0.25, 0.3) is 0 Å². The van der Waals surface area contributed by atoms with Crippen LogP contribution in [0.3, 0.4) is 0 Å². The molecule has 0 aromatic heterocycles. The Labute approximate surface area is 101 Å². The Kier molecular flexibility index (Phi) is 3.69. The van der Waals surface area contributed by atoms with Gasteiger partial charge in [0, 0.05) is 23.7 Å². The van der Waals surface area contributed by atoms with Gasteiger partial charge in [0.05, 0.1) is 0 Å². The van der Waals surface area contributed by atoms with E-state index < -0.39 is 0 Å². The molecule has 1 aromatic carbocycles. The molecule has 0 aliphatic carbocycles. The second-order valence-electron chi connectivity index (χ2n) is 4.40. The Morgan fingerprint density at radius 1 is 1.50 bits per heavy atom. The smallest absolute Gasteiger partial charge is 0.120 e. The van der Waals surface area contributed by atoms with Crippen LogP contribution in [-0.4, -0.2) is 29.6 Å². The van der Waals surface area contributed by atoms with Gasteiger partial charge in [0.1, 0.15) is 5.75 Å². The largest absolute Gasteiger partial charge is 0.508 e. The fraction of sp³-hybridized carbons (Fsp3) is 0.500. The quantitative estimate of drug-likeness (QED) is 0.848. The molecule has 1 saturated heterocycles. The summed E-state index contributed by atoms with van der Waals surface area (Å²) in [6, 6.07) is 5.17. The van der Waals surface area contributed by atoms with Crippen LogP contribution in [0.4, 0.5) is 0 Å². The van der Waals surface area contributed by atoms with Crippen molar-refractivity contribution in [2.24, 2.45) is 11.7 Å². The van der Waals surface area contributed by atoms with Gasteiger partial charge in [0.2, 0.25) is 0 Å². The highest BCUT2D eigenvalue weighted by molar-refractivity contribution is 6.30. The van der Waals surface area contributed by atoms with Gasteiger partial charge >= 0.3 is 0 Å². The summed E-state index contributed by atoms with van der Waals surface area (Å²) in [6.07, 6.45) is 1.15. The molecular weight excluding hydrogens is 224 g/mol. The molecule has 0 amide bonds. The van der Waals surface area contributed by atoms with E-state index in [-0.39, 0.29) is 0 Å². The maximum Gasteiger partial charge on any atom is 0.120 e. The topological polar surface area (TPSA) is 49.5 Å². The van der Waals surface area contributed by atoms with E-state index in [9.17, 15) is 5.11 Å². The van der Waals surface area contributed by atoms with Crippen molar-refractivity contribution in [1.29, 1.82) is 0 Å². The van der Waals surface area contributed by atoms with E-state index >= 15 is 0 Å². The zero-order valence-corrected chi connectivity index (χ0v) is 9.95. The zero-order valence-electron chi connectivity index (χ0n) is 9.19. The molecule has 0 bridgehead atoms. The van der Waals surface area contributed by atoms with Crippen LogP contribution in [0.1, 0.15) is 12.0 Å². The molecule has 2 rings (SSSR count). The molecule has 3 N–H and O–H groups in total. The van der Waals surface area contributed by atoms with Gasteiger partial charge in [0.15, 0.2) is 0 Å². The van der Waals surface area contributed by atoms with E-state index in [0.29, 0.717) is 16.7 Å². The molecule has 4 heteroatoms. The predicted molar refractivity (Wildman–Crippen MR) is 65.6 cm³/mol. The van der Waals surface area contributed by atoms with Gasteiger partial charge in [-0.05, 0) is 43.6 Å². The molecule has 0 spiro atoms. The van der Waals surface area contributed by atoms with Crippen LogP contribution in [-0.2, 0) is 6.54 Å². The normalized spacial score (nSPS) is 21.5. The number of phenolic OH excluding ortho intramolecular Hbond substituents is 1. The molecule has 1 aromatic rings. The zero-order chi connectivity index (χ0) is 11.5. The molecular formula is C12H17ClN2O. The molecule has 1 unspecified atom stereocenters. The third kappa shape index (κ3) is 2.67. The van der Waals surface area contributed by atoms with Gasteiger partial charge in [-0.3, -0.25) is 4.90 Å². The number of nitrogens with zero attached hydrogens (tertiary/aromatic N) is 1. The third-order valence-electron chi connectivity index (χ3n) is 3.14. The standard InChI is InChI=1S/C12H17ClN2O/c13-11-1-2-12(16)10(5-11)8-15-4-3-9(6-14)7-15/h1-2,5,9,16H,3-4,6-8,14H2. The lowest BCUT2D eigenvalue weighted by molar-refractivity contribution is 0.312. The van der Waals surface area contributed by atoms with Crippen LogP contribution in [0.2, 0.25) is 5.02 Å². The number of aromatic hydroxyl groups is 1. The maximum absolute atomic E-state index is 9.71. The van der Waals surface area contributed by atoms with Gasteiger partial charge in [-0.2, -0.15) is 0 Å². The van der Waals surface area contributed by atoms with Crippen LogP contribution in [0, 0.1) is 5.92 Å². The fourth-order valence-electron chi connectivity index (χ4n) is 2.17. The minimum atomic E-state index is 0.320. The number of rotatable bonds is 3. The lowest BCUT2D eigenvalue weighted by Gasteiger charge is -2.16. The third-order valence-corrected chi connectivity index (χ3v) is 3.37. The van der Waals surface area contributed by atoms with E-state index in [1.807, 2.05) is 6.07 Å². The van der Waals surface area contributed by atoms with Crippen molar-refractivity contribution in [2.45, 2.75) is 13.0 Å². The van der Waals surface area contributed by atoms with Gasteiger partial charge in [-0.1, -0.05) is 11.6 Å². The second kappa shape index (κ2) is 5.04. The first-order valence-electron chi connectivity index (χ1n) is 5.59. The average molecular weight is 241 g/mol. The summed E-state index contributed by atoms with van der Waals surface area (Å²) >= 11 is 5.91. The molecule has 3 nitrogen and oxygen atoms in total. The summed E-state index contributed by atoms with van der Waals surface area (Å²) in [5.74, 6) is 0.918. The molecule has 0 radical (unpaired) electrons. The van der Waals surface area contributed by atoms with E-state index in [2.05, 4.69) is 4.90 Å². The number of halogens is 1. The van der Waals surface area contributed by atoms with Crippen molar-refractivity contribution in [3.63, 3.8) is 0 Å². The molecule has 16 heavy (non-hydrogen) atoms. The summed E-state index contributed by atoms with van der Waals surface area (Å²) in [5.41, 5.74) is 6.54. The molecule has 1 aliphatic heterocycles. The number of benzene rings is 1. The fourth-order valence-corrected chi connectivity index (χ4v) is 2.37. The van der Waals surface area contributed by atoms with Crippen molar-refractivity contribution in [2.75, 3.05) is 19.6 Å². The molecule has 88 valence electrons. The Hall–Kier alpha value is -0.770.